The van der Waals surface area contributed by atoms with Crippen molar-refractivity contribution in [3.8, 4) is 0 Å². The highest BCUT2D eigenvalue weighted by molar-refractivity contribution is 4.91. The van der Waals surface area contributed by atoms with E-state index in [-0.39, 0.29) is 0 Å². The summed E-state index contributed by atoms with van der Waals surface area (Å²) in [5.41, 5.74) is 0. The van der Waals surface area contributed by atoms with Gasteiger partial charge >= 0.3 is 0 Å². The molecule has 0 saturated heterocycles. The van der Waals surface area contributed by atoms with Crippen LogP contribution in [0.1, 0.15) is 39.0 Å². The van der Waals surface area contributed by atoms with E-state index in [1.807, 2.05) is 0 Å². The Morgan fingerprint density at radius 1 is 1.00 bits per heavy atom. The van der Waals surface area contributed by atoms with E-state index in [9.17, 15) is 0 Å². The quantitative estimate of drug-likeness (QED) is 0.706. The lowest BCUT2D eigenvalue weighted by Crippen LogP contribution is -2.17. The van der Waals surface area contributed by atoms with Crippen LogP contribution < -0.4 is 5.32 Å². The summed E-state index contributed by atoms with van der Waals surface area (Å²) in [6, 6.07) is 0. The normalized spacial score (nSPS) is 43.8. The van der Waals surface area contributed by atoms with Gasteiger partial charge in [-0.25, -0.2) is 0 Å². The van der Waals surface area contributed by atoms with Gasteiger partial charge in [-0.05, 0) is 62.9 Å². The summed E-state index contributed by atoms with van der Waals surface area (Å²) in [6.07, 6.45) is 7.54. The Morgan fingerprint density at radius 2 is 1.54 bits per heavy atom. The summed E-state index contributed by atoms with van der Waals surface area (Å²) >= 11 is 0. The van der Waals surface area contributed by atoms with Crippen molar-refractivity contribution in [2.24, 2.45) is 23.7 Å². The molecule has 0 heterocycles. The van der Waals surface area contributed by atoms with Crippen molar-refractivity contribution >= 4 is 0 Å². The predicted molar refractivity (Wildman–Crippen MR) is 56.6 cm³/mol. The third kappa shape index (κ3) is 1.90. The monoisotopic (exact) mass is 181 g/mol. The molecule has 0 aromatic rings. The highest BCUT2D eigenvalue weighted by atomic mass is 14.8. The van der Waals surface area contributed by atoms with Crippen LogP contribution in [0.15, 0.2) is 0 Å². The van der Waals surface area contributed by atoms with E-state index < -0.39 is 0 Å². The topological polar surface area (TPSA) is 12.0 Å². The fourth-order valence-electron chi connectivity index (χ4n) is 3.66. The molecular formula is C12H23N. The third-order valence-electron chi connectivity index (χ3n) is 4.28. The minimum atomic E-state index is 0.998. The first-order valence-corrected chi connectivity index (χ1v) is 5.98. The Bertz CT molecular complexity index is 153. The molecule has 2 unspecified atom stereocenters. The van der Waals surface area contributed by atoms with Crippen LogP contribution >= 0.6 is 0 Å². The van der Waals surface area contributed by atoms with Gasteiger partial charge in [-0.3, -0.25) is 0 Å². The van der Waals surface area contributed by atoms with Gasteiger partial charge < -0.3 is 5.32 Å². The fourth-order valence-corrected chi connectivity index (χ4v) is 3.66. The second kappa shape index (κ2) is 4.00. The summed E-state index contributed by atoms with van der Waals surface area (Å²) in [7, 11) is 2.09. The van der Waals surface area contributed by atoms with Crippen molar-refractivity contribution in [1.29, 1.82) is 0 Å². The zero-order valence-electron chi connectivity index (χ0n) is 9.05. The first kappa shape index (κ1) is 9.51. The fraction of sp³-hybridized carbons (Fsp3) is 1.00. The molecule has 0 radical (unpaired) electrons. The van der Waals surface area contributed by atoms with Crippen LogP contribution in [-0.2, 0) is 0 Å². The van der Waals surface area contributed by atoms with Crippen LogP contribution in [0.4, 0.5) is 0 Å². The maximum atomic E-state index is 3.32. The van der Waals surface area contributed by atoms with Gasteiger partial charge in [-0.2, -0.15) is 0 Å². The second-order valence-electron chi connectivity index (χ2n) is 5.16. The standard InChI is InChI=1S/C12H23N/c1-3-9-4-11-6-10(8-13-2)7-12(11)5-9/h9-13H,3-8H2,1-2H3. The number of hydrogen-bond donors (Lipinski definition) is 1. The Kier molecular flexibility index (Phi) is 2.92. The molecule has 2 fully saturated rings. The van der Waals surface area contributed by atoms with Gasteiger partial charge in [-0.15, -0.1) is 0 Å². The molecule has 0 bridgehead atoms. The Morgan fingerprint density at radius 3 is 2.00 bits per heavy atom. The molecule has 13 heavy (non-hydrogen) atoms. The molecule has 2 aliphatic rings. The molecule has 2 rings (SSSR count). The highest BCUT2D eigenvalue weighted by Crippen LogP contribution is 2.49. The smallest absolute Gasteiger partial charge is 0.00233 e. The van der Waals surface area contributed by atoms with Gasteiger partial charge in [0.1, 0.15) is 0 Å². The lowest BCUT2D eigenvalue weighted by molar-refractivity contribution is 0.412. The van der Waals surface area contributed by atoms with Gasteiger partial charge in [0.15, 0.2) is 0 Å². The van der Waals surface area contributed by atoms with E-state index in [1.54, 1.807) is 12.8 Å². The van der Waals surface area contributed by atoms with E-state index in [0.29, 0.717) is 0 Å². The Balaban J connectivity index is 1.82. The SMILES string of the molecule is CCC1CC2CC(CNC)CC2C1. The molecule has 1 nitrogen and oxygen atoms in total. The van der Waals surface area contributed by atoms with Crippen molar-refractivity contribution in [3.63, 3.8) is 0 Å². The van der Waals surface area contributed by atoms with Gasteiger partial charge in [0.05, 0.1) is 0 Å². The summed E-state index contributed by atoms with van der Waals surface area (Å²) < 4.78 is 0. The molecule has 2 saturated carbocycles. The van der Waals surface area contributed by atoms with Crippen LogP contribution in [0.2, 0.25) is 0 Å². The highest BCUT2D eigenvalue weighted by Gasteiger charge is 2.40. The molecule has 0 amide bonds. The molecule has 0 aromatic heterocycles. The van der Waals surface area contributed by atoms with Crippen LogP contribution in [0.3, 0.4) is 0 Å². The number of hydrogen-bond acceptors (Lipinski definition) is 1. The molecule has 2 atom stereocenters. The number of fused-ring (bicyclic) bond motifs is 1. The van der Waals surface area contributed by atoms with Crippen LogP contribution in [0, 0.1) is 23.7 Å². The maximum Gasteiger partial charge on any atom is -0.00233 e. The Labute approximate surface area is 82.3 Å². The second-order valence-corrected chi connectivity index (χ2v) is 5.16. The zero-order chi connectivity index (χ0) is 9.26. The van der Waals surface area contributed by atoms with Crippen molar-refractivity contribution < 1.29 is 0 Å². The minimum Gasteiger partial charge on any atom is -0.319 e. The molecule has 1 heteroatoms. The van der Waals surface area contributed by atoms with Crippen molar-refractivity contribution in [2.75, 3.05) is 13.6 Å². The lowest BCUT2D eigenvalue weighted by atomic mass is 9.97. The third-order valence-corrected chi connectivity index (χ3v) is 4.28. The first-order chi connectivity index (χ1) is 6.33. The van der Waals surface area contributed by atoms with Crippen LogP contribution in [-0.4, -0.2) is 13.6 Å². The molecule has 2 aliphatic carbocycles. The van der Waals surface area contributed by atoms with E-state index in [1.165, 1.54) is 25.8 Å². The van der Waals surface area contributed by atoms with Gasteiger partial charge in [0.2, 0.25) is 0 Å². The average Bonchev–Trinajstić information content (AvgIpc) is 2.61. The van der Waals surface area contributed by atoms with E-state index in [4.69, 9.17) is 0 Å². The van der Waals surface area contributed by atoms with Gasteiger partial charge in [-0.1, -0.05) is 13.3 Å². The molecule has 0 aromatic carbocycles. The van der Waals surface area contributed by atoms with Crippen molar-refractivity contribution in [3.05, 3.63) is 0 Å². The predicted octanol–water partition coefficient (Wildman–Crippen LogP) is 2.67. The maximum absolute atomic E-state index is 3.32. The zero-order valence-corrected chi connectivity index (χ0v) is 9.05. The minimum absolute atomic E-state index is 0.998. The lowest BCUT2D eigenvalue weighted by Gasteiger charge is -2.12. The number of rotatable bonds is 3. The Hall–Kier alpha value is -0.0400. The van der Waals surface area contributed by atoms with Crippen LogP contribution in [0.25, 0.3) is 0 Å². The largest absolute Gasteiger partial charge is 0.319 e. The van der Waals surface area contributed by atoms with E-state index >= 15 is 0 Å². The van der Waals surface area contributed by atoms with Gasteiger partial charge in [0.25, 0.3) is 0 Å². The van der Waals surface area contributed by atoms with Crippen molar-refractivity contribution in [1.82, 2.24) is 5.32 Å². The molecule has 0 spiro atoms. The molecule has 0 aliphatic heterocycles. The number of nitrogens with one attached hydrogen (secondary N) is 1. The molecular weight excluding hydrogens is 158 g/mol. The van der Waals surface area contributed by atoms with E-state index in [2.05, 4.69) is 19.3 Å². The summed E-state index contributed by atoms with van der Waals surface area (Å²) in [4.78, 5) is 0. The summed E-state index contributed by atoms with van der Waals surface area (Å²) in [5.74, 6) is 4.27. The summed E-state index contributed by atoms with van der Waals surface area (Å²) in [5, 5.41) is 3.32. The first-order valence-electron chi connectivity index (χ1n) is 5.98. The van der Waals surface area contributed by atoms with Gasteiger partial charge in [0, 0.05) is 0 Å². The molecule has 1 N–H and O–H groups in total. The van der Waals surface area contributed by atoms with E-state index in [0.717, 1.165) is 23.7 Å². The van der Waals surface area contributed by atoms with Crippen molar-refractivity contribution in [2.45, 2.75) is 39.0 Å². The summed E-state index contributed by atoms with van der Waals surface area (Å²) in [6.45, 7) is 3.61. The van der Waals surface area contributed by atoms with Crippen LogP contribution in [0.5, 0.6) is 0 Å². The molecule has 76 valence electrons. The average molecular weight is 181 g/mol.